The average molecular weight is 529 g/mol. The number of aliphatic imine (C=N–C) groups is 1. The molecule has 0 aliphatic carbocycles. The van der Waals surface area contributed by atoms with Gasteiger partial charge in [0.2, 0.25) is 0 Å². The number of amides is 1. The number of thiazole rings is 1. The highest BCUT2D eigenvalue weighted by Gasteiger charge is 2.26. The lowest BCUT2D eigenvalue weighted by molar-refractivity contribution is 0.0964. The van der Waals surface area contributed by atoms with Crippen molar-refractivity contribution in [1.29, 1.82) is 0 Å². The van der Waals surface area contributed by atoms with Gasteiger partial charge in [-0.05, 0) is 30.9 Å². The molecule has 0 bridgehead atoms. The summed E-state index contributed by atoms with van der Waals surface area (Å²) in [4.78, 5) is 22.8. The van der Waals surface area contributed by atoms with E-state index in [1.165, 1.54) is 6.07 Å². The van der Waals surface area contributed by atoms with E-state index in [9.17, 15) is 22.4 Å². The van der Waals surface area contributed by atoms with Gasteiger partial charge in [0.1, 0.15) is 34.0 Å². The summed E-state index contributed by atoms with van der Waals surface area (Å²) in [7, 11) is 0. The molecule has 5 N–H and O–H groups in total. The molecule has 1 saturated heterocycles. The molecule has 1 aromatic heterocycles. The number of hydrogen-bond donors (Lipinski definition) is 3. The van der Waals surface area contributed by atoms with E-state index in [4.69, 9.17) is 11.5 Å². The molecule has 0 unspecified atom stereocenters. The summed E-state index contributed by atoms with van der Waals surface area (Å²) in [5.41, 5.74) is 11.0. The molecule has 3 rings (SSSR count). The fourth-order valence-corrected chi connectivity index (χ4v) is 4.59. The summed E-state index contributed by atoms with van der Waals surface area (Å²) in [6.07, 6.45) is 1.19. The van der Waals surface area contributed by atoms with Gasteiger partial charge in [0.15, 0.2) is 5.69 Å². The molecule has 1 atom stereocenters. The largest absolute Gasteiger partial charge is 0.403 e. The highest BCUT2D eigenvalue weighted by molar-refractivity contribution is 7.19. The fourth-order valence-electron chi connectivity index (χ4n) is 3.71. The number of nitrogens with zero attached hydrogens (tertiary/aromatic N) is 3. The normalized spacial score (nSPS) is 16.9. The first-order valence-electron chi connectivity index (χ1n) is 11.7. The topological polar surface area (TPSA) is 110 Å². The predicted octanol–water partition coefficient (Wildman–Crippen LogP) is 5.01. The monoisotopic (exact) mass is 528 g/mol. The molecule has 1 fully saturated rings. The lowest BCUT2D eigenvalue weighted by Gasteiger charge is -2.28. The molecule has 2 heterocycles. The highest BCUT2D eigenvalue weighted by atomic mass is 32.1. The Morgan fingerprint density at radius 3 is 2.58 bits per heavy atom. The summed E-state index contributed by atoms with van der Waals surface area (Å²) < 4.78 is 54.2. The molecule has 0 radical (unpaired) electrons. The maximum absolute atomic E-state index is 14.1. The van der Waals surface area contributed by atoms with Crippen LogP contribution in [0, 0.1) is 17.6 Å². The average Bonchev–Trinajstić information content (AvgIpc) is 3.08. The molecule has 12 heteroatoms. The van der Waals surface area contributed by atoms with Crippen molar-refractivity contribution in [3.8, 4) is 10.6 Å². The van der Waals surface area contributed by atoms with Crippen molar-refractivity contribution in [3.05, 3.63) is 47.4 Å². The maximum Gasteiger partial charge on any atom is 0.277 e. The minimum atomic E-state index is -2.68. The molecule has 7 nitrogen and oxygen atoms in total. The number of benzene rings is 1. The Morgan fingerprint density at radius 2 is 1.97 bits per heavy atom. The minimum absolute atomic E-state index is 0.0192. The van der Waals surface area contributed by atoms with Crippen molar-refractivity contribution in [2.45, 2.75) is 46.5 Å². The maximum atomic E-state index is 14.1. The number of carbonyl (C=O) groups excluding carboxylic acids is 1. The molecule has 1 amide bonds. The van der Waals surface area contributed by atoms with Gasteiger partial charge in [0.05, 0.1) is 11.3 Å². The van der Waals surface area contributed by atoms with Crippen LogP contribution in [0.3, 0.4) is 0 Å². The second-order valence-corrected chi connectivity index (χ2v) is 9.00. The van der Waals surface area contributed by atoms with Gasteiger partial charge in [-0.3, -0.25) is 9.79 Å². The van der Waals surface area contributed by atoms with E-state index in [0.717, 1.165) is 48.9 Å². The number of amidine groups is 1. The predicted molar refractivity (Wildman–Crippen MR) is 136 cm³/mol. The van der Waals surface area contributed by atoms with Crippen LogP contribution >= 0.6 is 11.3 Å². The van der Waals surface area contributed by atoms with Crippen molar-refractivity contribution in [1.82, 2.24) is 15.2 Å². The molecule has 1 aliphatic heterocycles. The minimum Gasteiger partial charge on any atom is -0.403 e. The van der Waals surface area contributed by atoms with Crippen LogP contribution in [0.25, 0.3) is 10.6 Å². The van der Waals surface area contributed by atoms with Crippen molar-refractivity contribution in [3.63, 3.8) is 0 Å². The van der Waals surface area contributed by atoms with Gasteiger partial charge >= 0.3 is 0 Å². The van der Waals surface area contributed by atoms with E-state index in [1.54, 1.807) is 0 Å². The van der Waals surface area contributed by atoms with E-state index < -0.39 is 36.1 Å². The second-order valence-electron chi connectivity index (χ2n) is 7.97. The first-order chi connectivity index (χ1) is 17.2. The number of likely N-dealkylation sites (tertiary alicyclic amines) is 1. The Bertz CT molecular complexity index is 1070. The zero-order valence-electron chi connectivity index (χ0n) is 20.5. The molecule has 36 heavy (non-hydrogen) atoms. The lowest BCUT2D eigenvalue weighted by atomic mass is 10.1. The first kappa shape index (κ1) is 29.1. The third-order valence-corrected chi connectivity index (χ3v) is 6.19. The summed E-state index contributed by atoms with van der Waals surface area (Å²) >= 11 is 0.748. The van der Waals surface area contributed by atoms with Crippen molar-refractivity contribution < 1.29 is 22.4 Å². The summed E-state index contributed by atoms with van der Waals surface area (Å²) in [5.74, 6) is -2.07. The van der Waals surface area contributed by atoms with E-state index in [0.29, 0.717) is 19.0 Å². The Morgan fingerprint density at radius 1 is 1.31 bits per heavy atom. The standard InChI is InChI=1S/C22H26F4N6OS.C2H6/c1-12-5-2-3-8-32(11-12)20(29-10-16(25)26)15(9-27)30-21(33)18-19(28)34-22(31-18)17-13(23)6-4-7-14(17)24;1-2/h4,6-7,9,12,16H,2-3,5,8,10-11,27-28H2,1H3,(H,30,33);1-2H3/b15-9+,29-20?;/t12-;/m0./s1. The van der Waals surface area contributed by atoms with Gasteiger partial charge in [-0.15, -0.1) is 0 Å². The molecule has 0 spiro atoms. The van der Waals surface area contributed by atoms with E-state index in [1.807, 2.05) is 25.7 Å². The van der Waals surface area contributed by atoms with Gasteiger partial charge in [-0.2, -0.15) is 0 Å². The fraction of sp³-hybridized carbons (Fsp3) is 0.458. The Hall–Kier alpha value is -3.15. The zero-order chi connectivity index (χ0) is 26.8. The first-order valence-corrected chi connectivity index (χ1v) is 12.5. The number of halogens is 4. The summed E-state index contributed by atoms with van der Waals surface area (Å²) in [6.45, 7) is 6.41. The number of nitrogen functional groups attached to an aromatic ring is 1. The SMILES string of the molecule is CC.C[C@H]1CCCCN(C(=NCC(F)F)/C(=C\N)NC(=O)c2nc(-c3c(F)cccc3F)sc2N)C1. The number of aromatic nitrogens is 1. The number of rotatable bonds is 6. The third-order valence-electron chi connectivity index (χ3n) is 5.29. The van der Waals surface area contributed by atoms with Crippen LogP contribution in [0.15, 0.2) is 35.1 Å². The molecular weight excluding hydrogens is 496 g/mol. The van der Waals surface area contributed by atoms with Crippen molar-refractivity contribution in [2.75, 3.05) is 25.4 Å². The molecule has 1 aromatic carbocycles. The van der Waals surface area contributed by atoms with Gasteiger partial charge in [0, 0.05) is 19.3 Å². The molecule has 2 aromatic rings. The van der Waals surface area contributed by atoms with Gasteiger partial charge in [-0.1, -0.05) is 44.6 Å². The summed E-state index contributed by atoms with van der Waals surface area (Å²) in [6, 6.07) is 3.35. The van der Waals surface area contributed by atoms with Gasteiger partial charge in [-0.25, -0.2) is 22.5 Å². The van der Waals surface area contributed by atoms with Crippen LogP contribution in [0.1, 0.15) is 50.5 Å². The zero-order valence-corrected chi connectivity index (χ0v) is 21.3. The number of hydrogen-bond acceptors (Lipinski definition) is 6. The van der Waals surface area contributed by atoms with E-state index in [-0.39, 0.29) is 27.2 Å². The number of nitrogens with one attached hydrogen (secondary N) is 1. The molecular formula is C24H32F4N6OS. The van der Waals surface area contributed by atoms with E-state index in [2.05, 4.69) is 15.3 Å². The number of anilines is 1. The number of alkyl halides is 2. The molecule has 1 aliphatic rings. The van der Waals surface area contributed by atoms with Gasteiger partial charge in [0.25, 0.3) is 12.3 Å². The third kappa shape index (κ3) is 7.42. The number of nitrogens with two attached hydrogens (primary N) is 2. The van der Waals surface area contributed by atoms with Crippen LogP contribution in [0.4, 0.5) is 22.6 Å². The van der Waals surface area contributed by atoms with Crippen LogP contribution in [0.2, 0.25) is 0 Å². The quantitative estimate of drug-likeness (QED) is 0.277. The Balaban J connectivity index is 0.00000222. The Labute approximate surface area is 212 Å². The van der Waals surface area contributed by atoms with Crippen molar-refractivity contribution >= 4 is 28.1 Å². The van der Waals surface area contributed by atoms with Crippen LogP contribution < -0.4 is 16.8 Å². The van der Waals surface area contributed by atoms with Crippen LogP contribution in [0.5, 0.6) is 0 Å². The number of carbonyl (C=O) groups is 1. The van der Waals surface area contributed by atoms with Gasteiger partial charge < -0.3 is 21.7 Å². The van der Waals surface area contributed by atoms with Crippen molar-refractivity contribution in [2.24, 2.45) is 16.6 Å². The van der Waals surface area contributed by atoms with E-state index >= 15 is 0 Å². The lowest BCUT2D eigenvalue weighted by Crippen LogP contribution is -2.41. The Kier molecular flexibility index (Phi) is 11.2. The summed E-state index contributed by atoms with van der Waals surface area (Å²) in [5, 5.41) is 2.36. The second kappa shape index (κ2) is 13.8. The van der Waals surface area contributed by atoms with Crippen LogP contribution in [-0.2, 0) is 0 Å². The molecule has 198 valence electrons. The highest BCUT2D eigenvalue weighted by Crippen LogP contribution is 2.33. The molecule has 0 saturated carbocycles. The van der Waals surface area contributed by atoms with Crippen LogP contribution in [-0.4, -0.2) is 47.7 Å². The smallest absolute Gasteiger partial charge is 0.277 e.